The van der Waals surface area contributed by atoms with Gasteiger partial charge in [-0.25, -0.2) is 4.79 Å². The van der Waals surface area contributed by atoms with E-state index in [1.54, 1.807) is 0 Å². The maximum Gasteiger partial charge on any atom is 0.319 e. The summed E-state index contributed by atoms with van der Waals surface area (Å²) < 4.78 is 0. The highest BCUT2D eigenvalue weighted by atomic mass is 16.2. The van der Waals surface area contributed by atoms with Gasteiger partial charge in [-0.1, -0.05) is 18.4 Å². The van der Waals surface area contributed by atoms with E-state index < -0.39 is 0 Å². The molecule has 0 atom stereocenters. The number of urea groups is 1. The minimum absolute atomic E-state index is 0.121. The molecule has 0 aromatic carbocycles. The van der Waals surface area contributed by atoms with Crippen LogP contribution in [0.5, 0.6) is 0 Å². The Balaban J connectivity index is 2.37. The molecule has 0 bridgehead atoms. The summed E-state index contributed by atoms with van der Waals surface area (Å²) in [4.78, 5) is 11.5. The lowest BCUT2D eigenvalue weighted by Crippen LogP contribution is -2.45. The minimum Gasteiger partial charge on any atom is -0.333 e. The van der Waals surface area contributed by atoms with E-state index in [2.05, 4.69) is 17.6 Å². The molecule has 0 unspecified atom stereocenters. The third-order valence-corrected chi connectivity index (χ3v) is 2.92. The number of allylic oxidation sites excluding steroid dienone is 1. The van der Waals surface area contributed by atoms with Crippen LogP contribution in [0.2, 0.25) is 0 Å². The molecule has 1 aliphatic carbocycles. The molecule has 0 radical (unpaired) electrons. The Morgan fingerprint density at radius 3 is 2.31 bits per heavy atom. The van der Waals surface area contributed by atoms with Crippen LogP contribution in [-0.2, 0) is 0 Å². The SMILES string of the molecule is C/C(=C\NC(=O)NC(C)(C)C)C1CCCC1. The van der Waals surface area contributed by atoms with Crippen LogP contribution in [0.4, 0.5) is 4.79 Å². The fraction of sp³-hybridized carbons (Fsp3) is 0.769. The van der Waals surface area contributed by atoms with Gasteiger partial charge < -0.3 is 10.6 Å². The van der Waals surface area contributed by atoms with Gasteiger partial charge in [-0.05, 0) is 46.5 Å². The number of amides is 2. The third-order valence-electron chi connectivity index (χ3n) is 2.92. The molecule has 3 nitrogen and oxygen atoms in total. The maximum atomic E-state index is 11.5. The van der Waals surface area contributed by atoms with Gasteiger partial charge >= 0.3 is 6.03 Å². The molecule has 0 saturated heterocycles. The standard InChI is InChI=1S/C13H24N2O/c1-10(11-7-5-6-8-11)9-14-12(16)15-13(2,3)4/h9,11H,5-8H2,1-4H3,(H2,14,15,16)/b10-9+. The summed E-state index contributed by atoms with van der Waals surface area (Å²) in [5.74, 6) is 0.676. The predicted molar refractivity (Wildman–Crippen MR) is 67.1 cm³/mol. The van der Waals surface area contributed by atoms with Crippen molar-refractivity contribution in [2.75, 3.05) is 0 Å². The summed E-state index contributed by atoms with van der Waals surface area (Å²) >= 11 is 0. The highest BCUT2D eigenvalue weighted by Crippen LogP contribution is 2.30. The average Bonchev–Trinajstić information content (AvgIpc) is 2.64. The highest BCUT2D eigenvalue weighted by molar-refractivity contribution is 5.75. The van der Waals surface area contributed by atoms with Crippen LogP contribution >= 0.6 is 0 Å². The van der Waals surface area contributed by atoms with Crippen LogP contribution in [0.25, 0.3) is 0 Å². The molecule has 92 valence electrons. The Morgan fingerprint density at radius 2 is 1.81 bits per heavy atom. The van der Waals surface area contributed by atoms with Gasteiger partial charge in [0.2, 0.25) is 0 Å². The van der Waals surface area contributed by atoms with Crippen LogP contribution in [0, 0.1) is 5.92 Å². The van der Waals surface area contributed by atoms with Gasteiger partial charge in [0.1, 0.15) is 0 Å². The van der Waals surface area contributed by atoms with Gasteiger partial charge in [0.15, 0.2) is 0 Å². The summed E-state index contributed by atoms with van der Waals surface area (Å²) in [5.41, 5.74) is 1.11. The number of nitrogens with one attached hydrogen (secondary N) is 2. The molecule has 0 aromatic heterocycles. The predicted octanol–water partition coefficient (Wildman–Crippen LogP) is 3.18. The third kappa shape index (κ3) is 4.69. The van der Waals surface area contributed by atoms with Crippen molar-refractivity contribution in [3.8, 4) is 0 Å². The molecular weight excluding hydrogens is 200 g/mol. The molecule has 0 heterocycles. The first-order chi connectivity index (χ1) is 7.38. The topological polar surface area (TPSA) is 41.1 Å². The van der Waals surface area contributed by atoms with Gasteiger partial charge in [-0.2, -0.15) is 0 Å². The molecule has 1 rings (SSSR count). The number of rotatable bonds is 2. The van der Waals surface area contributed by atoms with Crippen LogP contribution in [-0.4, -0.2) is 11.6 Å². The molecule has 2 amide bonds. The Morgan fingerprint density at radius 1 is 1.25 bits per heavy atom. The second kappa shape index (κ2) is 5.37. The van der Waals surface area contributed by atoms with Crippen molar-refractivity contribution >= 4 is 6.03 Å². The largest absolute Gasteiger partial charge is 0.333 e. The van der Waals surface area contributed by atoms with Crippen molar-refractivity contribution in [1.82, 2.24) is 10.6 Å². The van der Waals surface area contributed by atoms with E-state index >= 15 is 0 Å². The van der Waals surface area contributed by atoms with Crippen molar-refractivity contribution in [1.29, 1.82) is 0 Å². The summed E-state index contributed by atoms with van der Waals surface area (Å²) in [6.07, 6.45) is 7.04. The molecule has 0 spiro atoms. The number of carbonyl (C=O) groups is 1. The van der Waals surface area contributed by atoms with Gasteiger partial charge in [0.25, 0.3) is 0 Å². The van der Waals surface area contributed by atoms with Gasteiger partial charge in [-0.3, -0.25) is 0 Å². The Hall–Kier alpha value is -0.990. The van der Waals surface area contributed by atoms with Gasteiger partial charge in [0, 0.05) is 11.7 Å². The van der Waals surface area contributed by atoms with E-state index in [0.29, 0.717) is 5.92 Å². The van der Waals surface area contributed by atoms with Crippen LogP contribution in [0.15, 0.2) is 11.8 Å². The fourth-order valence-corrected chi connectivity index (χ4v) is 2.06. The van der Waals surface area contributed by atoms with E-state index in [4.69, 9.17) is 0 Å². The second-order valence-electron chi connectivity index (χ2n) is 5.72. The number of carbonyl (C=O) groups excluding carboxylic acids is 1. The average molecular weight is 224 g/mol. The summed E-state index contributed by atoms with van der Waals surface area (Å²) in [7, 11) is 0. The van der Waals surface area contributed by atoms with Crippen LogP contribution in [0.3, 0.4) is 0 Å². The zero-order valence-electron chi connectivity index (χ0n) is 10.9. The quantitative estimate of drug-likeness (QED) is 0.743. The first-order valence-electron chi connectivity index (χ1n) is 6.14. The van der Waals surface area contributed by atoms with Crippen molar-refractivity contribution in [2.45, 2.75) is 58.9 Å². The van der Waals surface area contributed by atoms with Crippen molar-refractivity contribution in [3.63, 3.8) is 0 Å². The minimum atomic E-state index is -0.181. The Kier molecular flexibility index (Phi) is 4.39. The van der Waals surface area contributed by atoms with E-state index in [1.807, 2.05) is 27.0 Å². The van der Waals surface area contributed by atoms with E-state index in [9.17, 15) is 4.79 Å². The molecule has 1 fully saturated rings. The summed E-state index contributed by atoms with van der Waals surface area (Å²) in [6, 6.07) is -0.121. The van der Waals surface area contributed by atoms with E-state index in [0.717, 1.165) is 0 Å². The molecular formula is C13H24N2O. The molecule has 0 aromatic rings. The number of hydrogen-bond donors (Lipinski definition) is 2. The van der Waals surface area contributed by atoms with Crippen LogP contribution < -0.4 is 10.6 Å². The maximum absolute atomic E-state index is 11.5. The van der Waals surface area contributed by atoms with Crippen molar-refractivity contribution in [3.05, 3.63) is 11.8 Å². The highest BCUT2D eigenvalue weighted by Gasteiger charge is 2.17. The number of hydrogen-bond acceptors (Lipinski definition) is 1. The molecule has 1 saturated carbocycles. The lowest BCUT2D eigenvalue weighted by molar-refractivity contribution is 0.235. The van der Waals surface area contributed by atoms with E-state index in [-0.39, 0.29) is 11.6 Å². The summed E-state index contributed by atoms with van der Waals surface area (Å²) in [6.45, 7) is 8.02. The molecule has 16 heavy (non-hydrogen) atoms. The molecule has 0 aliphatic heterocycles. The monoisotopic (exact) mass is 224 g/mol. The zero-order valence-corrected chi connectivity index (χ0v) is 10.9. The molecule has 3 heteroatoms. The van der Waals surface area contributed by atoms with Crippen molar-refractivity contribution < 1.29 is 4.79 Å². The Labute approximate surface area is 98.7 Å². The van der Waals surface area contributed by atoms with Crippen LogP contribution in [0.1, 0.15) is 53.4 Å². The molecule has 2 N–H and O–H groups in total. The van der Waals surface area contributed by atoms with E-state index in [1.165, 1.54) is 31.3 Å². The Bertz CT molecular complexity index is 270. The van der Waals surface area contributed by atoms with Crippen molar-refractivity contribution in [2.24, 2.45) is 5.92 Å². The fourth-order valence-electron chi connectivity index (χ4n) is 2.06. The zero-order chi connectivity index (χ0) is 12.2. The first-order valence-corrected chi connectivity index (χ1v) is 6.14. The lowest BCUT2D eigenvalue weighted by Gasteiger charge is -2.20. The lowest BCUT2D eigenvalue weighted by atomic mass is 10.0. The molecule has 1 aliphatic rings. The first kappa shape index (κ1) is 13.1. The smallest absolute Gasteiger partial charge is 0.319 e. The normalized spacial score (nSPS) is 18.6. The van der Waals surface area contributed by atoms with Gasteiger partial charge in [0.05, 0.1) is 0 Å². The summed E-state index contributed by atoms with van der Waals surface area (Å²) in [5, 5.41) is 5.67. The van der Waals surface area contributed by atoms with Gasteiger partial charge in [-0.15, -0.1) is 0 Å². The second-order valence-corrected chi connectivity index (χ2v) is 5.72.